The number of rotatable bonds is 3. The molecule has 2 bridgehead atoms. The average Bonchev–Trinajstić information content (AvgIpc) is 3.02. The van der Waals surface area contributed by atoms with Gasteiger partial charge in [0.05, 0.1) is 6.04 Å². The van der Waals surface area contributed by atoms with Crippen LogP contribution in [0.4, 0.5) is 0 Å². The quantitative estimate of drug-likeness (QED) is 0.805. The second-order valence-electron chi connectivity index (χ2n) is 6.64. The Labute approximate surface area is 110 Å². The van der Waals surface area contributed by atoms with Gasteiger partial charge in [-0.25, -0.2) is 0 Å². The Kier molecular flexibility index (Phi) is 3.60. The fraction of sp³-hybridized carbons (Fsp3) is 0.933. The first-order chi connectivity index (χ1) is 8.74. The molecule has 2 saturated carbocycles. The van der Waals surface area contributed by atoms with Gasteiger partial charge in [0.2, 0.25) is 5.91 Å². The van der Waals surface area contributed by atoms with Gasteiger partial charge in [0, 0.05) is 6.04 Å². The molecule has 2 aliphatic carbocycles. The molecule has 3 nitrogen and oxygen atoms in total. The first-order valence-corrected chi connectivity index (χ1v) is 7.78. The van der Waals surface area contributed by atoms with Crippen LogP contribution in [-0.2, 0) is 4.79 Å². The number of amides is 1. The van der Waals surface area contributed by atoms with Gasteiger partial charge in [0.15, 0.2) is 0 Å². The Morgan fingerprint density at radius 3 is 2.72 bits per heavy atom. The van der Waals surface area contributed by atoms with Crippen molar-refractivity contribution in [2.24, 2.45) is 17.8 Å². The summed E-state index contributed by atoms with van der Waals surface area (Å²) in [5.41, 5.74) is 0. The van der Waals surface area contributed by atoms with Gasteiger partial charge in [-0.2, -0.15) is 0 Å². The van der Waals surface area contributed by atoms with Gasteiger partial charge in [-0.05, 0) is 63.3 Å². The molecule has 4 unspecified atom stereocenters. The predicted molar refractivity (Wildman–Crippen MR) is 72.2 cm³/mol. The summed E-state index contributed by atoms with van der Waals surface area (Å²) in [5.74, 6) is 2.85. The molecule has 0 aromatic heterocycles. The van der Waals surface area contributed by atoms with Crippen LogP contribution >= 0.6 is 0 Å². The van der Waals surface area contributed by atoms with Gasteiger partial charge >= 0.3 is 0 Å². The number of nitrogens with one attached hydrogen (secondary N) is 2. The second kappa shape index (κ2) is 5.20. The van der Waals surface area contributed by atoms with Crippen LogP contribution in [0.1, 0.15) is 51.9 Å². The van der Waals surface area contributed by atoms with Crippen molar-refractivity contribution in [1.82, 2.24) is 10.6 Å². The minimum absolute atomic E-state index is 0.0693. The first-order valence-electron chi connectivity index (χ1n) is 7.78. The van der Waals surface area contributed by atoms with Crippen LogP contribution < -0.4 is 10.6 Å². The minimum Gasteiger partial charge on any atom is -0.352 e. The molecule has 3 heteroatoms. The van der Waals surface area contributed by atoms with Gasteiger partial charge in [-0.3, -0.25) is 4.79 Å². The van der Waals surface area contributed by atoms with Crippen molar-refractivity contribution in [2.75, 3.05) is 6.54 Å². The van der Waals surface area contributed by atoms with Crippen LogP contribution in [0.25, 0.3) is 0 Å². The smallest absolute Gasteiger partial charge is 0.237 e. The molecular weight excluding hydrogens is 224 g/mol. The standard InChI is InChI=1S/C15H26N2O/c1-10(13-9-11-5-6-12(13)8-11)17-15(18)14-4-2-3-7-16-14/h10-14,16H,2-9H2,1H3,(H,17,18)/t10?,11?,12?,13?,14-/m0/s1. The maximum atomic E-state index is 12.2. The summed E-state index contributed by atoms with van der Waals surface area (Å²) in [5, 5.41) is 6.61. The largest absolute Gasteiger partial charge is 0.352 e. The normalized spacial score (nSPS) is 40.7. The van der Waals surface area contributed by atoms with E-state index in [0.29, 0.717) is 6.04 Å². The summed E-state index contributed by atoms with van der Waals surface area (Å²) >= 11 is 0. The molecule has 1 heterocycles. The SMILES string of the molecule is CC(NC(=O)[C@@H]1CCCCN1)C1CC2CCC1C2. The Balaban J connectivity index is 1.51. The van der Waals surface area contributed by atoms with Gasteiger partial charge < -0.3 is 10.6 Å². The molecule has 3 rings (SSSR count). The molecule has 1 amide bonds. The molecule has 0 spiro atoms. The topological polar surface area (TPSA) is 41.1 Å². The zero-order valence-electron chi connectivity index (χ0n) is 11.5. The molecule has 102 valence electrons. The monoisotopic (exact) mass is 250 g/mol. The van der Waals surface area contributed by atoms with Gasteiger partial charge in [0.25, 0.3) is 0 Å². The zero-order chi connectivity index (χ0) is 12.5. The molecular formula is C15H26N2O. The van der Waals surface area contributed by atoms with Crippen LogP contribution in [0.15, 0.2) is 0 Å². The molecule has 1 aliphatic heterocycles. The Morgan fingerprint density at radius 1 is 1.22 bits per heavy atom. The lowest BCUT2D eigenvalue weighted by molar-refractivity contribution is -0.124. The van der Waals surface area contributed by atoms with Gasteiger partial charge in [-0.1, -0.05) is 12.8 Å². The Hall–Kier alpha value is -0.570. The van der Waals surface area contributed by atoms with Gasteiger partial charge in [0.1, 0.15) is 0 Å². The predicted octanol–water partition coefficient (Wildman–Crippen LogP) is 2.07. The molecule has 5 atom stereocenters. The van der Waals surface area contributed by atoms with Gasteiger partial charge in [-0.15, -0.1) is 0 Å². The maximum absolute atomic E-state index is 12.2. The van der Waals surface area contributed by atoms with Crippen LogP contribution in [0, 0.1) is 17.8 Å². The van der Waals surface area contributed by atoms with E-state index in [1.165, 1.54) is 38.5 Å². The number of hydrogen-bond acceptors (Lipinski definition) is 2. The van der Waals surface area contributed by atoms with Crippen molar-refractivity contribution in [2.45, 2.75) is 64.0 Å². The van der Waals surface area contributed by atoms with E-state index >= 15 is 0 Å². The van der Waals surface area contributed by atoms with E-state index in [2.05, 4.69) is 17.6 Å². The first kappa shape index (κ1) is 12.5. The summed E-state index contributed by atoms with van der Waals surface area (Å²) in [6.07, 6.45) is 9.02. The average molecular weight is 250 g/mol. The molecule has 0 aromatic carbocycles. The third-order valence-corrected chi connectivity index (χ3v) is 5.43. The maximum Gasteiger partial charge on any atom is 0.237 e. The van der Waals surface area contributed by atoms with Crippen molar-refractivity contribution in [3.05, 3.63) is 0 Å². The van der Waals surface area contributed by atoms with E-state index in [-0.39, 0.29) is 11.9 Å². The van der Waals surface area contributed by atoms with Crippen molar-refractivity contribution >= 4 is 5.91 Å². The molecule has 0 aromatic rings. The molecule has 2 N–H and O–H groups in total. The highest BCUT2D eigenvalue weighted by molar-refractivity contribution is 5.82. The minimum atomic E-state index is 0.0693. The van der Waals surface area contributed by atoms with E-state index in [1.54, 1.807) is 0 Å². The number of carbonyl (C=O) groups is 1. The van der Waals surface area contributed by atoms with E-state index in [1.807, 2.05) is 0 Å². The summed E-state index contributed by atoms with van der Waals surface area (Å²) in [6.45, 7) is 3.21. The number of carbonyl (C=O) groups excluding carboxylic acids is 1. The Bertz CT molecular complexity index is 312. The molecule has 18 heavy (non-hydrogen) atoms. The fourth-order valence-electron chi connectivity index (χ4n) is 4.41. The number of hydrogen-bond donors (Lipinski definition) is 2. The molecule has 3 fully saturated rings. The zero-order valence-corrected chi connectivity index (χ0v) is 11.5. The Morgan fingerprint density at radius 2 is 2.11 bits per heavy atom. The fourth-order valence-corrected chi connectivity index (χ4v) is 4.41. The summed E-state index contributed by atoms with van der Waals surface area (Å²) in [7, 11) is 0. The van der Waals surface area contributed by atoms with Crippen molar-refractivity contribution in [3.8, 4) is 0 Å². The van der Waals surface area contributed by atoms with Crippen LogP contribution in [0.3, 0.4) is 0 Å². The van der Waals surface area contributed by atoms with E-state index in [4.69, 9.17) is 0 Å². The summed E-state index contributed by atoms with van der Waals surface area (Å²) in [6, 6.07) is 0.441. The third-order valence-electron chi connectivity index (χ3n) is 5.43. The van der Waals surface area contributed by atoms with E-state index in [9.17, 15) is 4.79 Å². The second-order valence-corrected chi connectivity index (χ2v) is 6.64. The highest BCUT2D eigenvalue weighted by Gasteiger charge is 2.42. The number of piperidine rings is 1. The van der Waals surface area contributed by atoms with Crippen molar-refractivity contribution < 1.29 is 4.79 Å². The lowest BCUT2D eigenvalue weighted by Crippen LogP contribution is -2.51. The van der Waals surface area contributed by atoms with Crippen LogP contribution in [0.2, 0.25) is 0 Å². The van der Waals surface area contributed by atoms with Crippen molar-refractivity contribution in [3.63, 3.8) is 0 Å². The van der Waals surface area contributed by atoms with Crippen molar-refractivity contribution in [1.29, 1.82) is 0 Å². The molecule has 0 radical (unpaired) electrons. The highest BCUT2D eigenvalue weighted by Crippen LogP contribution is 2.49. The van der Waals surface area contributed by atoms with E-state index in [0.717, 1.165) is 30.7 Å². The lowest BCUT2D eigenvalue weighted by Gasteiger charge is -2.31. The highest BCUT2D eigenvalue weighted by atomic mass is 16.2. The molecule has 1 saturated heterocycles. The summed E-state index contributed by atoms with van der Waals surface area (Å²) < 4.78 is 0. The molecule has 3 aliphatic rings. The summed E-state index contributed by atoms with van der Waals surface area (Å²) in [4.78, 5) is 12.2. The van der Waals surface area contributed by atoms with Crippen LogP contribution in [-0.4, -0.2) is 24.5 Å². The third kappa shape index (κ3) is 2.42. The number of fused-ring (bicyclic) bond motifs is 2. The lowest BCUT2D eigenvalue weighted by atomic mass is 9.84. The van der Waals surface area contributed by atoms with Crippen LogP contribution in [0.5, 0.6) is 0 Å². The van der Waals surface area contributed by atoms with E-state index < -0.39 is 0 Å².